The molecule has 2 amide bonds. The Morgan fingerprint density at radius 3 is 2.23 bits per heavy atom. The van der Waals surface area contributed by atoms with Crippen molar-refractivity contribution in [2.75, 3.05) is 31.1 Å². The van der Waals surface area contributed by atoms with E-state index in [2.05, 4.69) is 16.3 Å². The first-order chi connectivity index (χ1) is 14.7. The first kappa shape index (κ1) is 22.8. The predicted molar refractivity (Wildman–Crippen MR) is 123 cm³/mol. The molecule has 0 bridgehead atoms. The molecule has 0 atom stereocenters. The number of hydrogen-bond acceptors (Lipinski definition) is 4. The highest BCUT2D eigenvalue weighted by Crippen LogP contribution is 2.18. The number of amides is 2. The van der Waals surface area contributed by atoms with E-state index in [-0.39, 0.29) is 17.4 Å². The van der Waals surface area contributed by atoms with Crippen LogP contribution in [0.4, 0.5) is 10.5 Å². The Morgan fingerprint density at radius 2 is 1.61 bits per heavy atom. The molecule has 0 aliphatic carbocycles. The lowest BCUT2D eigenvalue weighted by atomic mass is 10.1. The molecule has 0 unspecified atom stereocenters. The van der Waals surface area contributed by atoms with Crippen LogP contribution in [0.3, 0.4) is 0 Å². The number of benzene rings is 2. The van der Waals surface area contributed by atoms with Gasteiger partial charge in [0.25, 0.3) is 0 Å². The van der Waals surface area contributed by atoms with E-state index < -0.39 is 0 Å². The zero-order valence-corrected chi connectivity index (χ0v) is 19.0. The molecule has 2 aromatic carbocycles. The molecule has 1 fully saturated rings. The Labute approximate surface area is 185 Å². The van der Waals surface area contributed by atoms with Crippen LogP contribution in [-0.4, -0.2) is 48.5 Å². The maximum Gasteiger partial charge on any atom is 0.317 e. The first-order valence-electron chi connectivity index (χ1n) is 10.8. The van der Waals surface area contributed by atoms with Gasteiger partial charge in [-0.2, -0.15) is 0 Å². The number of nitrogens with one attached hydrogen (secondary N) is 1. The summed E-state index contributed by atoms with van der Waals surface area (Å²) in [6.07, 6.45) is 0. The minimum Gasteiger partial charge on any atom is -0.371 e. The summed E-state index contributed by atoms with van der Waals surface area (Å²) in [4.78, 5) is 28.1. The number of urea groups is 1. The SMILES string of the molecule is CC(=O)c1ccc(N2CCN(C(=O)NCc3cccc(COC(C)(C)C)c3)CC2)cc1. The van der Waals surface area contributed by atoms with E-state index in [4.69, 9.17) is 4.74 Å². The van der Waals surface area contributed by atoms with Crippen molar-refractivity contribution in [2.45, 2.75) is 46.4 Å². The van der Waals surface area contributed by atoms with E-state index in [1.807, 2.05) is 68.1 Å². The van der Waals surface area contributed by atoms with Crippen LogP contribution in [0.1, 0.15) is 49.2 Å². The maximum atomic E-state index is 12.6. The molecule has 0 saturated carbocycles. The topological polar surface area (TPSA) is 61.9 Å². The van der Waals surface area contributed by atoms with Gasteiger partial charge >= 0.3 is 6.03 Å². The van der Waals surface area contributed by atoms with E-state index in [0.717, 1.165) is 35.5 Å². The van der Waals surface area contributed by atoms with Crippen molar-refractivity contribution in [1.29, 1.82) is 0 Å². The molecule has 0 radical (unpaired) electrons. The van der Waals surface area contributed by atoms with Crippen molar-refractivity contribution in [3.05, 3.63) is 65.2 Å². The van der Waals surface area contributed by atoms with Crippen molar-refractivity contribution in [3.8, 4) is 0 Å². The summed E-state index contributed by atoms with van der Waals surface area (Å²) < 4.78 is 5.84. The maximum absolute atomic E-state index is 12.6. The third-order valence-corrected chi connectivity index (χ3v) is 5.31. The molecular formula is C25H33N3O3. The molecule has 6 heteroatoms. The lowest BCUT2D eigenvalue weighted by Gasteiger charge is -2.36. The summed E-state index contributed by atoms with van der Waals surface area (Å²) in [7, 11) is 0. The van der Waals surface area contributed by atoms with Crippen molar-refractivity contribution in [2.24, 2.45) is 0 Å². The molecular weight excluding hydrogens is 390 g/mol. The van der Waals surface area contributed by atoms with Crippen molar-refractivity contribution < 1.29 is 14.3 Å². The zero-order chi connectivity index (χ0) is 22.4. The number of piperazine rings is 1. The molecule has 1 saturated heterocycles. The number of ketones is 1. The molecule has 166 valence electrons. The molecule has 31 heavy (non-hydrogen) atoms. The molecule has 0 aromatic heterocycles. The van der Waals surface area contributed by atoms with Crippen molar-refractivity contribution in [3.63, 3.8) is 0 Å². The normalized spacial score (nSPS) is 14.5. The molecule has 1 aliphatic heterocycles. The number of anilines is 1. The van der Waals surface area contributed by atoms with Gasteiger partial charge in [-0.25, -0.2) is 4.79 Å². The first-order valence-corrected chi connectivity index (χ1v) is 10.8. The van der Waals surface area contributed by atoms with Gasteiger partial charge in [0.05, 0.1) is 12.2 Å². The molecule has 1 aliphatic rings. The second-order valence-corrected chi connectivity index (χ2v) is 8.96. The summed E-state index contributed by atoms with van der Waals surface area (Å²) in [5, 5.41) is 3.03. The number of hydrogen-bond donors (Lipinski definition) is 1. The fraction of sp³-hybridized carbons (Fsp3) is 0.440. The fourth-order valence-electron chi connectivity index (χ4n) is 3.49. The molecule has 1 heterocycles. The highest BCUT2D eigenvalue weighted by atomic mass is 16.5. The van der Waals surface area contributed by atoms with Crippen LogP contribution in [0, 0.1) is 0 Å². The third-order valence-electron chi connectivity index (χ3n) is 5.31. The lowest BCUT2D eigenvalue weighted by molar-refractivity contribution is -0.0149. The highest BCUT2D eigenvalue weighted by molar-refractivity contribution is 5.94. The van der Waals surface area contributed by atoms with Crippen LogP contribution in [0.2, 0.25) is 0 Å². The quantitative estimate of drug-likeness (QED) is 0.706. The van der Waals surface area contributed by atoms with Gasteiger partial charge in [0.2, 0.25) is 0 Å². The Hall–Kier alpha value is -2.86. The molecule has 6 nitrogen and oxygen atoms in total. The van der Waals surface area contributed by atoms with Crippen LogP contribution < -0.4 is 10.2 Å². The summed E-state index contributed by atoms with van der Waals surface area (Å²) in [6, 6.07) is 15.8. The lowest BCUT2D eigenvalue weighted by Crippen LogP contribution is -2.51. The number of rotatable bonds is 6. The highest BCUT2D eigenvalue weighted by Gasteiger charge is 2.21. The molecule has 1 N–H and O–H groups in total. The van der Waals surface area contributed by atoms with E-state index in [0.29, 0.717) is 26.2 Å². The second-order valence-electron chi connectivity index (χ2n) is 8.96. The standard InChI is InChI=1S/C25H33N3O3/c1-19(29)22-8-10-23(11-9-22)27-12-14-28(15-13-27)24(30)26-17-20-6-5-7-21(16-20)18-31-25(2,3)4/h5-11,16H,12-15,17-18H2,1-4H3,(H,26,30). The van der Waals surface area contributed by atoms with Gasteiger partial charge in [0, 0.05) is 44.0 Å². The van der Waals surface area contributed by atoms with Crippen LogP contribution in [0.15, 0.2) is 48.5 Å². The number of carbonyl (C=O) groups excluding carboxylic acids is 2. The van der Waals surface area contributed by atoms with Crippen LogP contribution in [-0.2, 0) is 17.9 Å². The van der Waals surface area contributed by atoms with E-state index in [9.17, 15) is 9.59 Å². The zero-order valence-electron chi connectivity index (χ0n) is 19.0. The average Bonchev–Trinajstić information content (AvgIpc) is 2.76. The Balaban J connectivity index is 1.46. The van der Waals surface area contributed by atoms with E-state index in [1.165, 1.54) is 0 Å². The number of nitrogens with zero attached hydrogens (tertiary/aromatic N) is 2. The predicted octanol–water partition coefficient (Wildman–Crippen LogP) is 4.24. The summed E-state index contributed by atoms with van der Waals surface area (Å²) in [6.45, 7) is 11.6. The Kier molecular flexibility index (Phi) is 7.33. The van der Waals surface area contributed by atoms with E-state index in [1.54, 1.807) is 6.92 Å². The van der Waals surface area contributed by atoms with Crippen LogP contribution >= 0.6 is 0 Å². The van der Waals surface area contributed by atoms with Crippen LogP contribution in [0.5, 0.6) is 0 Å². The fourth-order valence-corrected chi connectivity index (χ4v) is 3.49. The van der Waals surface area contributed by atoms with Gasteiger partial charge in [-0.05, 0) is 63.1 Å². The number of Topliss-reactive ketones (excluding diaryl/α,β-unsaturated/α-hetero) is 1. The minimum absolute atomic E-state index is 0.0390. The largest absolute Gasteiger partial charge is 0.371 e. The Bertz CT molecular complexity index is 895. The van der Waals surface area contributed by atoms with Gasteiger partial charge in [-0.3, -0.25) is 4.79 Å². The van der Waals surface area contributed by atoms with Gasteiger partial charge < -0.3 is 19.9 Å². The third kappa shape index (κ3) is 6.82. The summed E-state index contributed by atoms with van der Waals surface area (Å²) in [5.74, 6) is 0.0697. The number of ether oxygens (including phenoxy) is 1. The molecule has 3 rings (SSSR count). The molecule has 0 spiro atoms. The van der Waals surface area contributed by atoms with Gasteiger partial charge in [0.1, 0.15) is 0 Å². The summed E-state index contributed by atoms with van der Waals surface area (Å²) in [5.41, 5.74) is 3.79. The van der Waals surface area contributed by atoms with Gasteiger partial charge in [-0.1, -0.05) is 24.3 Å². The Morgan fingerprint density at radius 1 is 0.968 bits per heavy atom. The minimum atomic E-state index is -0.179. The smallest absolute Gasteiger partial charge is 0.317 e. The number of carbonyl (C=O) groups is 2. The summed E-state index contributed by atoms with van der Waals surface area (Å²) >= 11 is 0. The average molecular weight is 424 g/mol. The van der Waals surface area contributed by atoms with Gasteiger partial charge in [-0.15, -0.1) is 0 Å². The van der Waals surface area contributed by atoms with Crippen molar-refractivity contribution >= 4 is 17.5 Å². The second kappa shape index (κ2) is 9.96. The monoisotopic (exact) mass is 423 g/mol. The molecule has 2 aromatic rings. The van der Waals surface area contributed by atoms with Crippen molar-refractivity contribution in [1.82, 2.24) is 10.2 Å². The van der Waals surface area contributed by atoms with E-state index >= 15 is 0 Å². The van der Waals surface area contributed by atoms with Crippen LogP contribution in [0.25, 0.3) is 0 Å². The van der Waals surface area contributed by atoms with Gasteiger partial charge in [0.15, 0.2) is 5.78 Å².